The first-order valence-corrected chi connectivity index (χ1v) is 14.4. The van der Waals surface area contributed by atoms with Gasteiger partial charge in [0.25, 0.3) is 0 Å². The molecule has 0 radical (unpaired) electrons. The van der Waals surface area contributed by atoms with Crippen molar-refractivity contribution in [2.24, 2.45) is 4.99 Å². The highest BCUT2D eigenvalue weighted by atomic mass is 16.7. The Morgan fingerprint density at radius 1 is 0.703 bits per heavy atom. The lowest BCUT2D eigenvalue weighted by molar-refractivity contribution is 0.0973. The fourth-order valence-electron chi connectivity index (χ4n) is 4.24. The van der Waals surface area contributed by atoms with E-state index in [1.807, 2.05) is 0 Å². The molecular weight excluding hydrogens is 462 g/mol. The van der Waals surface area contributed by atoms with Gasteiger partial charge in [-0.3, -0.25) is 4.99 Å². The van der Waals surface area contributed by atoms with Crippen LogP contribution in [0.4, 0.5) is 10.5 Å². The van der Waals surface area contributed by atoms with Gasteiger partial charge in [-0.15, -0.1) is 0 Å². The Morgan fingerprint density at radius 2 is 1.19 bits per heavy atom. The molecule has 204 valence electrons. The number of aromatic hydroxyl groups is 1. The van der Waals surface area contributed by atoms with Crippen LogP contribution in [0.5, 0.6) is 11.5 Å². The molecule has 0 aliphatic rings. The van der Waals surface area contributed by atoms with Gasteiger partial charge in [-0.25, -0.2) is 4.79 Å². The molecule has 37 heavy (non-hydrogen) atoms. The van der Waals surface area contributed by atoms with Crippen LogP contribution in [-0.2, 0) is 4.74 Å². The van der Waals surface area contributed by atoms with Gasteiger partial charge in [0.2, 0.25) is 0 Å². The largest absolute Gasteiger partial charge is 0.513 e. The molecule has 0 aliphatic heterocycles. The third-order valence-corrected chi connectivity index (χ3v) is 6.51. The van der Waals surface area contributed by atoms with E-state index >= 15 is 0 Å². The predicted molar refractivity (Wildman–Crippen MR) is 153 cm³/mol. The molecule has 5 heteroatoms. The standard InChI is InChI=1S/C32H47NO4/c1-2-3-4-5-6-7-8-9-10-11-12-13-14-15-16-17-26-36-32(35)37-31-24-20-29(21-25-31)33-27-28-18-22-30(34)23-19-28/h18-25,27,34H,2-17,26H2,1H3. The molecule has 0 bridgehead atoms. The minimum Gasteiger partial charge on any atom is -0.508 e. The molecule has 5 nitrogen and oxygen atoms in total. The lowest BCUT2D eigenvalue weighted by atomic mass is 10.0. The normalized spacial score (nSPS) is 11.2. The van der Waals surface area contributed by atoms with Crippen molar-refractivity contribution in [3.63, 3.8) is 0 Å². The highest BCUT2D eigenvalue weighted by molar-refractivity contribution is 5.82. The summed E-state index contributed by atoms with van der Waals surface area (Å²) in [5.74, 6) is 0.654. The maximum Gasteiger partial charge on any atom is 0.513 e. The zero-order valence-electron chi connectivity index (χ0n) is 22.8. The van der Waals surface area contributed by atoms with E-state index in [2.05, 4.69) is 11.9 Å². The number of hydrogen-bond donors (Lipinski definition) is 1. The van der Waals surface area contributed by atoms with Gasteiger partial charge < -0.3 is 14.6 Å². The maximum absolute atomic E-state index is 11.9. The van der Waals surface area contributed by atoms with Crippen LogP contribution in [0.3, 0.4) is 0 Å². The van der Waals surface area contributed by atoms with Gasteiger partial charge >= 0.3 is 6.16 Å². The van der Waals surface area contributed by atoms with Gasteiger partial charge in [0.05, 0.1) is 12.3 Å². The molecule has 0 atom stereocenters. The average molecular weight is 510 g/mol. The quantitative estimate of drug-likeness (QED) is 0.0834. The smallest absolute Gasteiger partial charge is 0.508 e. The molecule has 0 aromatic heterocycles. The van der Waals surface area contributed by atoms with Crippen LogP contribution in [0.2, 0.25) is 0 Å². The zero-order chi connectivity index (χ0) is 26.4. The second-order valence-corrected chi connectivity index (χ2v) is 9.85. The second kappa shape index (κ2) is 20.3. The molecule has 0 saturated carbocycles. The summed E-state index contributed by atoms with van der Waals surface area (Å²) in [5.41, 5.74) is 1.62. The van der Waals surface area contributed by atoms with Gasteiger partial charge in [-0.2, -0.15) is 0 Å². The molecule has 2 rings (SSSR count). The van der Waals surface area contributed by atoms with Gasteiger partial charge in [0, 0.05) is 6.21 Å². The summed E-state index contributed by atoms with van der Waals surface area (Å²) >= 11 is 0. The topological polar surface area (TPSA) is 68.1 Å². The Bertz CT molecular complexity index is 861. The number of phenolic OH excluding ortho intramolecular Hbond substituents is 1. The van der Waals surface area contributed by atoms with Crippen molar-refractivity contribution in [1.82, 2.24) is 0 Å². The summed E-state index contributed by atoms with van der Waals surface area (Å²) in [5, 5.41) is 9.32. The van der Waals surface area contributed by atoms with Gasteiger partial charge in [0.15, 0.2) is 0 Å². The summed E-state index contributed by atoms with van der Waals surface area (Å²) < 4.78 is 10.4. The Kier molecular flexibility index (Phi) is 16.6. The Labute approximate surface area is 224 Å². The van der Waals surface area contributed by atoms with E-state index in [0.29, 0.717) is 12.4 Å². The monoisotopic (exact) mass is 509 g/mol. The highest BCUT2D eigenvalue weighted by Crippen LogP contribution is 2.19. The van der Waals surface area contributed by atoms with Crippen molar-refractivity contribution in [3.8, 4) is 11.5 Å². The lowest BCUT2D eigenvalue weighted by Crippen LogP contribution is -2.11. The van der Waals surface area contributed by atoms with E-state index < -0.39 is 6.16 Å². The van der Waals surface area contributed by atoms with E-state index in [4.69, 9.17) is 9.47 Å². The molecule has 0 fully saturated rings. The summed E-state index contributed by atoms with van der Waals surface area (Å²) in [4.78, 5) is 16.3. The van der Waals surface area contributed by atoms with Crippen molar-refractivity contribution in [2.75, 3.05) is 6.61 Å². The van der Waals surface area contributed by atoms with Crippen molar-refractivity contribution >= 4 is 18.1 Å². The predicted octanol–water partition coefficient (Wildman–Crippen LogP) is 9.92. The molecule has 2 aromatic carbocycles. The lowest BCUT2D eigenvalue weighted by Gasteiger charge is -2.06. The molecule has 0 saturated heterocycles. The first-order valence-electron chi connectivity index (χ1n) is 14.4. The number of phenols is 1. The zero-order valence-corrected chi connectivity index (χ0v) is 22.8. The number of carbonyl (C=O) groups is 1. The van der Waals surface area contributed by atoms with Crippen molar-refractivity contribution in [1.29, 1.82) is 0 Å². The first kappa shape index (κ1) is 30.4. The van der Waals surface area contributed by atoms with Crippen LogP contribution >= 0.6 is 0 Å². The fourth-order valence-corrected chi connectivity index (χ4v) is 4.24. The number of unbranched alkanes of at least 4 members (excludes halogenated alkanes) is 15. The number of ether oxygens (including phenoxy) is 2. The Balaban J connectivity index is 1.40. The fraction of sp³-hybridized carbons (Fsp3) is 0.562. The summed E-state index contributed by atoms with van der Waals surface area (Å²) in [7, 11) is 0. The number of hydrogen-bond acceptors (Lipinski definition) is 5. The molecule has 0 spiro atoms. The molecule has 0 unspecified atom stereocenters. The van der Waals surface area contributed by atoms with E-state index in [-0.39, 0.29) is 5.75 Å². The average Bonchev–Trinajstić information content (AvgIpc) is 2.91. The molecule has 0 aliphatic carbocycles. The molecule has 2 aromatic rings. The minimum atomic E-state index is -0.665. The van der Waals surface area contributed by atoms with Crippen LogP contribution in [0.15, 0.2) is 53.5 Å². The van der Waals surface area contributed by atoms with Crippen LogP contribution in [-0.4, -0.2) is 24.1 Å². The van der Waals surface area contributed by atoms with Crippen LogP contribution < -0.4 is 4.74 Å². The van der Waals surface area contributed by atoms with Crippen LogP contribution in [0.1, 0.15) is 115 Å². The highest BCUT2D eigenvalue weighted by Gasteiger charge is 2.06. The summed E-state index contributed by atoms with van der Waals surface area (Å²) in [6.45, 7) is 2.67. The van der Waals surface area contributed by atoms with Gasteiger partial charge in [0.1, 0.15) is 11.5 Å². The molecule has 0 amide bonds. The molecule has 0 heterocycles. The summed E-state index contributed by atoms with van der Waals surface area (Å²) in [6, 6.07) is 13.7. The van der Waals surface area contributed by atoms with Crippen molar-refractivity contribution in [2.45, 2.75) is 110 Å². The third kappa shape index (κ3) is 15.8. The number of rotatable bonds is 20. The SMILES string of the molecule is CCCCCCCCCCCCCCCCCCOC(=O)Oc1ccc(N=Cc2ccc(O)cc2)cc1. The van der Waals surface area contributed by atoms with Gasteiger partial charge in [-0.05, 0) is 60.5 Å². The number of benzene rings is 2. The van der Waals surface area contributed by atoms with Crippen LogP contribution in [0.25, 0.3) is 0 Å². The number of aliphatic imine (C=N–C) groups is 1. The molecular formula is C32H47NO4. The second-order valence-electron chi connectivity index (χ2n) is 9.85. The summed E-state index contributed by atoms with van der Waals surface area (Å²) in [6.07, 6.45) is 22.1. The van der Waals surface area contributed by atoms with E-state index in [1.165, 1.54) is 89.9 Å². The van der Waals surface area contributed by atoms with Crippen LogP contribution in [0, 0.1) is 0 Å². The molecule has 1 N–H and O–H groups in total. The first-order chi connectivity index (χ1) is 18.2. The van der Waals surface area contributed by atoms with E-state index in [0.717, 1.165) is 24.1 Å². The van der Waals surface area contributed by atoms with E-state index in [1.54, 1.807) is 54.7 Å². The Hall–Kier alpha value is -2.82. The van der Waals surface area contributed by atoms with Gasteiger partial charge in [-0.1, -0.05) is 103 Å². The number of nitrogens with zero attached hydrogens (tertiary/aromatic N) is 1. The Morgan fingerprint density at radius 3 is 1.70 bits per heavy atom. The third-order valence-electron chi connectivity index (χ3n) is 6.51. The van der Waals surface area contributed by atoms with Crippen molar-refractivity contribution in [3.05, 3.63) is 54.1 Å². The van der Waals surface area contributed by atoms with E-state index in [9.17, 15) is 9.90 Å². The maximum atomic E-state index is 11.9. The van der Waals surface area contributed by atoms with Crippen molar-refractivity contribution < 1.29 is 19.4 Å². The number of carbonyl (C=O) groups excluding carboxylic acids is 1. The minimum absolute atomic E-state index is 0.223.